The molecule has 3 heterocycles. The van der Waals surface area contributed by atoms with Crippen molar-refractivity contribution in [3.05, 3.63) is 75.9 Å². The normalized spacial score (nSPS) is 15.4. The maximum absolute atomic E-state index is 14.4. The van der Waals surface area contributed by atoms with Crippen LogP contribution in [0.3, 0.4) is 0 Å². The van der Waals surface area contributed by atoms with Crippen LogP contribution in [0.15, 0.2) is 36.4 Å². The molecule has 12 heteroatoms. The van der Waals surface area contributed by atoms with Crippen molar-refractivity contribution in [1.29, 1.82) is 0 Å². The molecule has 5 rings (SSSR count). The molecule has 8 nitrogen and oxygen atoms in total. The van der Waals surface area contributed by atoms with Gasteiger partial charge < -0.3 is 16.0 Å². The summed E-state index contributed by atoms with van der Waals surface area (Å²) in [4.78, 5) is 23.2. The van der Waals surface area contributed by atoms with Gasteiger partial charge in [0.05, 0.1) is 34.9 Å². The Morgan fingerprint density at radius 1 is 1.22 bits per heavy atom. The van der Waals surface area contributed by atoms with E-state index in [9.17, 15) is 22.4 Å². The number of benzene rings is 2. The van der Waals surface area contributed by atoms with Crippen LogP contribution < -0.4 is 16.0 Å². The molecule has 1 amide bonds. The fourth-order valence-corrected chi connectivity index (χ4v) is 4.49. The quantitative estimate of drug-likeness (QED) is 0.346. The van der Waals surface area contributed by atoms with E-state index < -0.39 is 35.6 Å². The summed E-state index contributed by atoms with van der Waals surface area (Å²) in [6.45, 7) is 3.76. The number of hydrogen-bond acceptors (Lipinski definition) is 6. The number of nitrogens with one attached hydrogen (secondary N) is 2. The van der Waals surface area contributed by atoms with Crippen molar-refractivity contribution in [2.24, 2.45) is 5.73 Å². The zero-order valence-corrected chi connectivity index (χ0v) is 19.2. The zero-order valence-electron chi connectivity index (χ0n) is 19.2. The largest absolute Gasteiger partial charge is 0.416 e. The summed E-state index contributed by atoms with van der Waals surface area (Å²) in [6, 6.07) is 7.28. The molecule has 36 heavy (non-hydrogen) atoms. The molecule has 1 aliphatic heterocycles. The van der Waals surface area contributed by atoms with Gasteiger partial charge in [-0.3, -0.25) is 9.89 Å². The number of carbonyl (C=O) groups excluding carboxylic acids is 1. The van der Waals surface area contributed by atoms with E-state index in [-0.39, 0.29) is 28.9 Å². The summed E-state index contributed by atoms with van der Waals surface area (Å²) in [5.74, 6) is -1.34. The van der Waals surface area contributed by atoms with Crippen molar-refractivity contribution in [1.82, 2.24) is 20.2 Å². The molecule has 2 aromatic carbocycles. The first-order valence-corrected chi connectivity index (χ1v) is 11.1. The highest BCUT2D eigenvalue weighted by Gasteiger charge is 2.35. The van der Waals surface area contributed by atoms with Crippen LogP contribution in [-0.2, 0) is 19.3 Å². The van der Waals surface area contributed by atoms with Crippen LogP contribution in [0.25, 0.3) is 10.9 Å². The number of aromatic nitrogens is 4. The van der Waals surface area contributed by atoms with Crippen molar-refractivity contribution >= 4 is 28.6 Å². The second-order valence-corrected chi connectivity index (χ2v) is 8.57. The summed E-state index contributed by atoms with van der Waals surface area (Å²) >= 11 is 0. The lowest BCUT2D eigenvalue weighted by Crippen LogP contribution is -2.23. The van der Waals surface area contributed by atoms with Crippen LogP contribution in [0.1, 0.15) is 51.4 Å². The minimum Gasteiger partial charge on any atom is -0.366 e. The number of nitrogens with zero attached hydrogens (tertiary/aromatic N) is 4. The lowest BCUT2D eigenvalue weighted by atomic mass is 10.1. The predicted octanol–water partition coefficient (Wildman–Crippen LogP) is 4.61. The van der Waals surface area contributed by atoms with Gasteiger partial charge in [0.2, 0.25) is 5.95 Å². The van der Waals surface area contributed by atoms with Gasteiger partial charge in [-0.05, 0) is 38.1 Å². The molecule has 0 fully saturated rings. The van der Waals surface area contributed by atoms with Crippen LogP contribution in [0.5, 0.6) is 0 Å². The number of para-hydroxylation sites is 1. The molecule has 0 radical (unpaired) electrons. The second kappa shape index (κ2) is 8.47. The third-order valence-corrected chi connectivity index (χ3v) is 6.39. The Kier molecular flexibility index (Phi) is 5.53. The van der Waals surface area contributed by atoms with Crippen LogP contribution in [0.2, 0.25) is 0 Å². The molecule has 0 saturated heterocycles. The van der Waals surface area contributed by atoms with Gasteiger partial charge in [-0.1, -0.05) is 12.1 Å². The van der Waals surface area contributed by atoms with Gasteiger partial charge in [-0.15, -0.1) is 0 Å². The van der Waals surface area contributed by atoms with Crippen LogP contribution >= 0.6 is 0 Å². The van der Waals surface area contributed by atoms with E-state index >= 15 is 0 Å². The second-order valence-electron chi connectivity index (χ2n) is 8.57. The first-order chi connectivity index (χ1) is 17.1. The molecular formula is C24H21F4N7O. The molecule has 4 N–H and O–H groups in total. The number of halogens is 4. The Labute approximate surface area is 202 Å². The third kappa shape index (κ3) is 3.88. The Morgan fingerprint density at radius 3 is 2.67 bits per heavy atom. The number of primary amides is 1. The number of carbonyl (C=O) groups is 1. The van der Waals surface area contributed by atoms with E-state index in [0.717, 1.165) is 35.2 Å². The number of aryl methyl sites for hydroxylation is 1. The number of alkyl halides is 3. The average molecular weight is 499 g/mol. The Morgan fingerprint density at radius 2 is 1.97 bits per heavy atom. The zero-order chi connectivity index (χ0) is 25.8. The maximum Gasteiger partial charge on any atom is 0.416 e. The summed E-state index contributed by atoms with van der Waals surface area (Å²) in [5.41, 5.74) is 7.01. The van der Waals surface area contributed by atoms with Crippen LogP contribution in [-0.4, -0.2) is 26.1 Å². The van der Waals surface area contributed by atoms with E-state index in [0.29, 0.717) is 11.9 Å². The number of aromatic amines is 1. The van der Waals surface area contributed by atoms with E-state index in [1.165, 1.54) is 6.07 Å². The predicted molar refractivity (Wildman–Crippen MR) is 125 cm³/mol. The lowest BCUT2D eigenvalue weighted by Gasteiger charge is -2.23. The maximum atomic E-state index is 14.4. The van der Waals surface area contributed by atoms with Crippen LogP contribution in [0.4, 0.5) is 29.3 Å². The monoisotopic (exact) mass is 499 g/mol. The average Bonchev–Trinajstić information content (AvgIpc) is 3.36. The topological polar surface area (TPSA) is 113 Å². The first-order valence-electron chi connectivity index (χ1n) is 11.1. The van der Waals surface area contributed by atoms with Crippen molar-refractivity contribution in [3.8, 4) is 0 Å². The minimum absolute atomic E-state index is 0.127. The van der Waals surface area contributed by atoms with Crippen molar-refractivity contribution in [3.63, 3.8) is 0 Å². The van der Waals surface area contributed by atoms with E-state index in [2.05, 4.69) is 25.5 Å². The van der Waals surface area contributed by atoms with Gasteiger partial charge in [0.1, 0.15) is 11.6 Å². The van der Waals surface area contributed by atoms with E-state index in [1.807, 2.05) is 18.7 Å². The van der Waals surface area contributed by atoms with Gasteiger partial charge in [0.15, 0.2) is 0 Å². The molecule has 186 valence electrons. The van der Waals surface area contributed by atoms with Crippen LogP contribution in [0, 0.1) is 12.7 Å². The number of anilines is 2. The molecular weight excluding hydrogens is 478 g/mol. The summed E-state index contributed by atoms with van der Waals surface area (Å²) in [7, 11) is 0. The summed E-state index contributed by atoms with van der Waals surface area (Å²) < 4.78 is 55.0. The van der Waals surface area contributed by atoms with Gasteiger partial charge in [-0.25, -0.2) is 9.37 Å². The number of rotatable bonds is 5. The fourth-order valence-electron chi connectivity index (χ4n) is 4.49. The Hall–Kier alpha value is -4.22. The lowest BCUT2D eigenvalue weighted by molar-refractivity contribution is -0.138. The van der Waals surface area contributed by atoms with Gasteiger partial charge in [0, 0.05) is 28.8 Å². The molecule has 1 aliphatic rings. The summed E-state index contributed by atoms with van der Waals surface area (Å²) in [6.07, 6.45) is -4.74. The highest BCUT2D eigenvalue weighted by Crippen LogP contribution is 2.38. The highest BCUT2D eigenvalue weighted by atomic mass is 19.4. The molecule has 0 aliphatic carbocycles. The molecule has 2 aromatic heterocycles. The number of fused-ring (bicyclic) bond motifs is 2. The van der Waals surface area contributed by atoms with Crippen molar-refractivity contribution in [2.45, 2.75) is 39.2 Å². The number of H-pyrrole nitrogens is 1. The number of hydrogen-bond donors (Lipinski definition) is 3. The van der Waals surface area contributed by atoms with Gasteiger partial charge in [-0.2, -0.15) is 23.3 Å². The smallest absolute Gasteiger partial charge is 0.366 e. The minimum atomic E-state index is -4.74. The van der Waals surface area contributed by atoms with E-state index in [1.54, 1.807) is 12.1 Å². The first kappa shape index (κ1) is 23.5. The Bertz CT molecular complexity index is 1500. The van der Waals surface area contributed by atoms with Crippen molar-refractivity contribution < 1.29 is 22.4 Å². The molecule has 0 unspecified atom stereocenters. The van der Waals surface area contributed by atoms with E-state index in [4.69, 9.17) is 5.73 Å². The fraction of sp³-hybridized carbons (Fsp3) is 0.250. The molecule has 0 saturated carbocycles. The number of amides is 1. The molecule has 0 spiro atoms. The summed E-state index contributed by atoms with van der Waals surface area (Å²) in [5, 5.41) is 10.5. The van der Waals surface area contributed by atoms with Gasteiger partial charge in [0.25, 0.3) is 5.91 Å². The van der Waals surface area contributed by atoms with Crippen molar-refractivity contribution in [2.75, 3.05) is 10.2 Å². The standard InChI is InChI=1S/C24H21F4N7O/c1-11-16-10-35(12(2)19(16)34-33-11)23-31-20-13(21(29)36)5-3-6-14(20)22(32-23)30-9-15-17(24(26,27)28)7-4-8-18(15)25/h3-8,12H,9-10H2,1-2H3,(H2,29,36)(H,33,34)(H,30,31,32)/t12-/m1/s1. The highest BCUT2D eigenvalue weighted by molar-refractivity contribution is 6.07. The molecule has 0 bridgehead atoms. The van der Waals surface area contributed by atoms with Gasteiger partial charge >= 0.3 is 6.18 Å². The Balaban J connectivity index is 1.60. The SMILES string of the molecule is Cc1[nH]nc2c1CN(c1nc(NCc3c(F)cccc3C(F)(F)F)c3cccc(C(N)=O)c3n1)[C@@H]2C. The number of nitrogens with two attached hydrogens (primary N) is 1. The molecule has 1 atom stereocenters. The molecule has 4 aromatic rings. The third-order valence-electron chi connectivity index (χ3n) is 6.39.